The zero-order valence-electron chi connectivity index (χ0n) is 16.2. The van der Waals surface area contributed by atoms with Crippen molar-refractivity contribution >= 4 is 11.8 Å². The molecule has 4 atom stereocenters. The molecule has 3 aliphatic heterocycles. The molecule has 0 aromatic heterocycles. The highest BCUT2D eigenvalue weighted by Crippen LogP contribution is 2.33. The highest BCUT2D eigenvalue weighted by Gasteiger charge is 2.42. The number of nitrogens with one attached hydrogen (secondary N) is 1. The maximum absolute atomic E-state index is 13.1. The van der Waals surface area contributed by atoms with Crippen molar-refractivity contribution in [3.8, 4) is 0 Å². The first-order valence-corrected chi connectivity index (χ1v) is 10.2. The Kier molecular flexibility index (Phi) is 6.03. The average molecular weight is 350 g/mol. The van der Waals surface area contributed by atoms with Crippen molar-refractivity contribution in [2.45, 2.75) is 71.4 Å². The van der Waals surface area contributed by atoms with Gasteiger partial charge in [0.25, 0.3) is 0 Å². The molecule has 2 bridgehead atoms. The van der Waals surface area contributed by atoms with E-state index in [2.05, 4.69) is 35.9 Å². The standard InChI is InChI=1S/C20H35N3O2/c1-14(2)10-15(3)12-22-9-7-17-4-5-18(13-22)23(17)20(25)16-6-8-21-19(24)11-16/h14-18H,4-13H2,1-3H3,(H,21,24). The zero-order chi connectivity index (χ0) is 18.0. The third-order valence-electron chi connectivity index (χ3n) is 6.16. The number of fused-ring (bicyclic) bond motifs is 2. The fraction of sp³-hybridized carbons (Fsp3) is 0.900. The Morgan fingerprint density at radius 3 is 2.64 bits per heavy atom. The minimum Gasteiger partial charge on any atom is -0.356 e. The summed E-state index contributed by atoms with van der Waals surface area (Å²) in [5.41, 5.74) is 0. The van der Waals surface area contributed by atoms with Gasteiger partial charge in [0.05, 0.1) is 0 Å². The molecule has 0 radical (unpaired) electrons. The average Bonchev–Trinajstić information content (AvgIpc) is 2.83. The predicted molar refractivity (Wildman–Crippen MR) is 99.1 cm³/mol. The number of piperidine rings is 1. The van der Waals surface area contributed by atoms with Gasteiger partial charge in [-0.25, -0.2) is 0 Å². The lowest BCUT2D eigenvalue weighted by Gasteiger charge is -2.33. The van der Waals surface area contributed by atoms with E-state index in [9.17, 15) is 9.59 Å². The normalized spacial score (nSPS) is 31.8. The van der Waals surface area contributed by atoms with Gasteiger partial charge in [-0.3, -0.25) is 9.59 Å². The van der Waals surface area contributed by atoms with E-state index < -0.39 is 0 Å². The van der Waals surface area contributed by atoms with Gasteiger partial charge in [0, 0.05) is 50.6 Å². The number of rotatable bonds is 5. The maximum Gasteiger partial charge on any atom is 0.226 e. The van der Waals surface area contributed by atoms with Crippen LogP contribution in [0.15, 0.2) is 0 Å². The summed E-state index contributed by atoms with van der Waals surface area (Å²) in [6.07, 6.45) is 5.81. The van der Waals surface area contributed by atoms with Crippen LogP contribution in [0.25, 0.3) is 0 Å². The molecule has 25 heavy (non-hydrogen) atoms. The third kappa shape index (κ3) is 4.55. The summed E-state index contributed by atoms with van der Waals surface area (Å²) in [6, 6.07) is 0.754. The van der Waals surface area contributed by atoms with Crippen molar-refractivity contribution in [1.82, 2.24) is 15.1 Å². The summed E-state index contributed by atoms with van der Waals surface area (Å²) in [5.74, 6) is 1.65. The van der Waals surface area contributed by atoms with Crippen LogP contribution in [0.5, 0.6) is 0 Å². The number of hydrogen-bond acceptors (Lipinski definition) is 3. The number of carbonyl (C=O) groups excluding carboxylic acids is 2. The summed E-state index contributed by atoms with van der Waals surface area (Å²) in [6.45, 7) is 10.9. The Hall–Kier alpha value is -1.10. The second-order valence-corrected chi connectivity index (χ2v) is 8.95. The summed E-state index contributed by atoms with van der Waals surface area (Å²) >= 11 is 0. The molecule has 0 aromatic carbocycles. The fourth-order valence-electron chi connectivity index (χ4n) is 5.20. The fourth-order valence-corrected chi connectivity index (χ4v) is 5.20. The molecule has 1 N–H and O–H groups in total. The predicted octanol–water partition coefficient (Wildman–Crippen LogP) is 2.26. The Morgan fingerprint density at radius 2 is 1.92 bits per heavy atom. The Labute approximate surface area is 152 Å². The first-order chi connectivity index (χ1) is 11.9. The van der Waals surface area contributed by atoms with Crippen LogP contribution < -0.4 is 5.32 Å². The van der Waals surface area contributed by atoms with Crippen LogP contribution in [-0.2, 0) is 9.59 Å². The lowest BCUT2D eigenvalue weighted by Crippen LogP contribution is -2.49. The molecule has 3 heterocycles. The molecule has 3 saturated heterocycles. The van der Waals surface area contributed by atoms with Crippen LogP contribution in [0.4, 0.5) is 0 Å². The molecule has 0 aliphatic carbocycles. The number of carbonyl (C=O) groups is 2. The van der Waals surface area contributed by atoms with E-state index >= 15 is 0 Å². The lowest BCUT2D eigenvalue weighted by molar-refractivity contribution is -0.142. The summed E-state index contributed by atoms with van der Waals surface area (Å²) < 4.78 is 0. The van der Waals surface area contributed by atoms with Gasteiger partial charge >= 0.3 is 0 Å². The van der Waals surface area contributed by atoms with E-state index in [0.29, 0.717) is 31.0 Å². The van der Waals surface area contributed by atoms with E-state index in [1.165, 1.54) is 6.42 Å². The van der Waals surface area contributed by atoms with Crippen LogP contribution in [0.3, 0.4) is 0 Å². The first-order valence-electron chi connectivity index (χ1n) is 10.2. The van der Waals surface area contributed by atoms with Crippen LogP contribution in [0.2, 0.25) is 0 Å². The molecule has 4 unspecified atom stereocenters. The largest absolute Gasteiger partial charge is 0.356 e. The van der Waals surface area contributed by atoms with Crippen molar-refractivity contribution in [2.24, 2.45) is 17.8 Å². The lowest BCUT2D eigenvalue weighted by atomic mass is 9.95. The second kappa shape index (κ2) is 8.07. The number of hydrogen-bond donors (Lipinski definition) is 1. The molecule has 0 aromatic rings. The quantitative estimate of drug-likeness (QED) is 0.828. The van der Waals surface area contributed by atoms with Crippen molar-refractivity contribution < 1.29 is 9.59 Å². The van der Waals surface area contributed by atoms with E-state index in [1.54, 1.807) is 0 Å². The van der Waals surface area contributed by atoms with E-state index in [1.807, 2.05) is 0 Å². The van der Waals surface area contributed by atoms with Crippen LogP contribution in [0, 0.1) is 17.8 Å². The molecule has 3 rings (SSSR count). The number of likely N-dealkylation sites (tertiary alicyclic amines) is 1. The first kappa shape index (κ1) is 18.7. The van der Waals surface area contributed by atoms with Gasteiger partial charge in [-0.15, -0.1) is 0 Å². The molecule has 2 amide bonds. The van der Waals surface area contributed by atoms with Crippen molar-refractivity contribution in [2.75, 3.05) is 26.2 Å². The van der Waals surface area contributed by atoms with Gasteiger partial charge in [-0.2, -0.15) is 0 Å². The van der Waals surface area contributed by atoms with Gasteiger partial charge in [0.2, 0.25) is 11.8 Å². The van der Waals surface area contributed by atoms with Gasteiger partial charge in [0.1, 0.15) is 0 Å². The molecule has 0 saturated carbocycles. The number of amides is 2. The number of nitrogens with zero attached hydrogens (tertiary/aromatic N) is 2. The minimum absolute atomic E-state index is 0.0379. The van der Waals surface area contributed by atoms with E-state index in [4.69, 9.17) is 0 Å². The smallest absolute Gasteiger partial charge is 0.226 e. The molecule has 5 nitrogen and oxygen atoms in total. The van der Waals surface area contributed by atoms with Crippen LogP contribution in [-0.4, -0.2) is 59.9 Å². The Balaban J connectivity index is 1.61. The van der Waals surface area contributed by atoms with Crippen molar-refractivity contribution in [3.63, 3.8) is 0 Å². The SMILES string of the molecule is CC(C)CC(C)CN1CCC2CCC(C1)N2C(=O)C1CCNC(=O)C1. The molecule has 142 valence electrons. The van der Waals surface area contributed by atoms with Crippen LogP contribution in [0.1, 0.15) is 59.3 Å². The molecule has 5 heteroatoms. The molecule has 3 aliphatic rings. The highest BCUT2D eigenvalue weighted by molar-refractivity contribution is 5.87. The summed E-state index contributed by atoms with van der Waals surface area (Å²) in [4.78, 5) is 29.6. The van der Waals surface area contributed by atoms with Gasteiger partial charge < -0.3 is 15.1 Å². The highest BCUT2D eigenvalue weighted by atomic mass is 16.2. The maximum atomic E-state index is 13.1. The van der Waals surface area contributed by atoms with Crippen molar-refractivity contribution in [1.29, 1.82) is 0 Å². The minimum atomic E-state index is -0.0942. The molecular formula is C20H35N3O2. The molecular weight excluding hydrogens is 314 g/mol. The van der Waals surface area contributed by atoms with E-state index in [-0.39, 0.29) is 17.7 Å². The van der Waals surface area contributed by atoms with E-state index in [0.717, 1.165) is 51.2 Å². The zero-order valence-corrected chi connectivity index (χ0v) is 16.2. The topological polar surface area (TPSA) is 52.6 Å². The van der Waals surface area contributed by atoms with Gasteiger partial charge in [-0.05, 0) is 43.9 Å². The second-order valence-electron chi connectivity index (χ2n) is 8.95. The van der Waals surface area contributed by atoms with Gasteiger partial charge in [-0.1, -0.05) is 20.8 Å². The third-order valence-corrected chi connectivity index (χ3v) is 6.16. The summed E-state index contributed by atoms with van der Waals surface area (Å²) in [5, 5.41) is 2.85. The Morgan fingerprint density at radius 1 is 1.16 bits per heavy atom. The molecule has 3 fully saturated rings. The Bertz CT molecular complexity index is 493. The monoisotopic (exact) mass is 349 g/mol. The van der Waals surface area contributed by atoms with Crippen molar-refractivity contribution in [3.05, 3.63) is 0 Å². The van der Waals surface area contributed by atoms with Crippen LogP contribution >= 0.6 is 0 Å². The molecule has 0 spiro atoms. The summed E-state index contributed by atoms with van der Waals surface area (Å²) in [7, 11) is 0. The van der Waals surface area contributed by atoms with Gasteiger partial charge in [0.15, 0.2) is 0 Å².